The van der Waals surface area contributed by atoms with Crippen molar-refractivity contribution in [1.82, 2.24) is 29.4 Å². The summed E-state index contributed by atoms with van der Waals surface area (Å²) in [7, 11) is 0. The zero-order valence-corrected chi connectivity index (χ0v) is 16.6. The Labute approximate surface area is 173 Å². The molecule has 8 heteroatoms. The molecule has 1 aliphatic rings. The van der Waals surface area contributed by atoms with E-state index in [0.29, 0.717) is 5.65 Å². The molecule has 0 saturated heterocycles. The maximum Gasteiger partial charge on any atom is 0.241 e. The van der Waals surface area contributed by atoms with E-state index in [2.05, 4.69) is 21.7 Å². The third-order valence-corrected chi connectivity index (χ3v) is 5.40. The van der Waals surface area contributed by atoms with Gasteiger partial charge in [0.15, 0.2) is 5.65 Å². The molecule has 0 fully saturated rings. The first-order valence-electron chi connectivity index (χ1n) is 10.0. The number of carbonyl (C=O) groups is 1. The van der Waals surface area contributed by atoms with E-state index in [9.17, 15) is 4.79 Å². The lowest BCUT2D eigenvalue weighted by atomic mass is 9.97. The van der Waals surface area contributed by atoms with Gasteiger partial charge in [0.05, 0.1) is 11.4 Å². The second kappa shape index (κ2) is 7.22. The highest BCUT2D eigenvalue weighted by molar-refractivity contribution is 5.93. The normalized spacial score (nSPS) is 13.4. The van der Waals surface area contributed by atoms with Crippen LogP contribution in [-0.2, 0) is 24.2 Å². The van der Waals surface area contributed by atoms with Gasteiger partial charge in [0.25, 0.3) is 0 Å². The highest BCUT2D eigenvalue weighted by atomic mass is 16.1. The van der Waals surface area contributed by atoms with Crippen molar-refractivity contribution in [1.29, 1.82) is 0 Å². The number of hydrogen-bond acceptors (Lipinski definition) is 5. The topological polar surface area (TPSA) is 104 Å². The van der Waals surface area contributed by atoms with Gasteiger partial charge in [0, 0.05) is 35.1 Å². The first-order chi connectivity index (χ1) is 14.7. The zero-order valence-electron chi connectivity index (χ0n) is 16.6. The summed E-state index contributed by atoms with van der Waals surface area (Å²) in [6.07, 6.45) is 7.38. The van der Waals surface area contributed by atoms with Crippen LogP contribution in [0.2, 0.25) is 0 Å². The predicted molar refractivity (Wildman–Crippen MR) is 113 cm³/mol. The Hall–Kier alpha value is -3.81. The van der Waals surface area contributed by atoms with Crippen molar-refractivity contribution >= 4 is 17.6 Å². The van der Waals surface area contributed by atoms with Crippen LogP contribution in [-0.4, -0.2) is 35.3 Å². The smallest absolute Gasteiger partial charge is 0.241 e. The number of amides is 1. The van der Waals surface area contributed by atoms with Crippen LogP contribution in [0.1, 0.15) is 30.4 Å². The maximum absolute atomic E-state index is 11.5. The lowest BCUT2D eigenvalue weighted by molar-refractivity contribution is -0.113. The molecule has 5 heterocycles. The van der Waals surface area contributed by atoms with Crippen LogP contribution in [0.15, 0.2) is 42.7 Å². The van der Waals surface area contributed by atoms with E-state index in [1.807, 2.05) is 30.3 Å². The molecule has 150 valence electrons. The van der Waals surface area contributed by atoms with E-state index in [-0.39, 0.29) is 0 Å². The van der Waals surface area contributed by atoms with Gasteiger partial charge in [-0.1, -0.05) is 13.0 Å². The molecule has 4 aromatic rings. The molecule has 1 aliphatic heterocycles. The molecule has 0 spiro atoms. The third kappa shape index (κ3) is 2.97. The minimum Gasteiger partial charge on any atom is -0.366 e. The molecule has 0 atom stereocenters. The zero-order chi connectivity index (χ0) is 20.7. The van der Waals surface area contributed by atoms with Gasteiger partial charge in [-0.05, 0) is 49.6 Å². The SMILES string of the molecule is CCc1cccc(-c2nn3c(c2-c2ccc4ncnn4c2/C=C/C(N)=O)CCC3)n1. The molecular formula is C22H21N7O. The minimum absolute atomic E-state index is 0.518. The minimum atomic E-state index is -0.518. The van der Waals surface area contributed by atoms with E-state index in [4.69, 9.17) is 15.8 Å². The molecular weight excluding hydrogens is 378 g/mol. The Balaban J connectivity index is 1.80. The molecule has 0 radical (unpaired) electrons. The molecule has 0 unspecified atom stereocenters. The second-order valence-electron chi connectivity index (χ2n) is 7.26. The Morgan fingerprint density at radius 3 is 3.00 bits per heavy atom. The average molecular weight is 399 g/mol. The lowest BCUT2D eigenvalue weighted by Crippen LogP contribution is -2.06. The number of primary amides is 1. The molecule has 0 saturated carbocycles. The lowest BCUT2D eigenvalue weighted by Gasteiger charge is -2.11. The van der Waals surface area contributed by atoms with Gasteiger partial charge >= 0.3 is 0 Å². The van der Waals surface area contributed by atoms with E-state index >= 15 is 0 Å². The Morgan fingerprint density at radius 2 is 2.17 bits per heavy atom. The molecule has 2 N–H and O–H groups in total. The largest absolute Gasteiger partial charge is 0.366 e. The van der Waals surface area contributed by atoms with Crippen molar-refractivity contribution in [2.75, 3.05) is 0 Å². The molecule has 0 bridgehead atoms. The highest BCUT2D eigenvalue weighted by Crippen LogP contribution is 2.39. The van der Waals surface area contributed by atoms with Crippen LogP contribution >= 0.6 is 0 Å². The van der Waals surface area contributed by atoms with Crippen molar-refractivity contribution in [3.63, 3.8) is 0 Å². The molecule has 8 nitrogen and oxygen atoms in total. The van der Waals surface area contributed by atoms with E-state index in [1.165, 1.54) is 18.1 Å². The van der Waals surface area contributed by atoms with Gasteiger partial charge in [0.2, 0.25) is 5.91 Å². The van der Waals surface area contributed by atoms with E-state index in [0.717, 1.165) is 59.7 Å². The van der Waals surface area contributed by atoms with Gasteiger partial charge in [-0.3, -0.25) is 14.5 Å². The van der Waals surface area contributed by atoms with Gasteiger partial charge < -0.3 is 5.73 Å². The standard InChI is InChI=1S/C22H21N7O/c1-2-14-5-3-6-16(26-14)22-21(18-7-4-12-28(18)27-22)15-8-11-20-24-13-25-29(20)17(15)9-10-19(23)30/h3,5-6,8-11,13H,2,4,7,12H2,1H3,(H2,23,30)/b10-9+. The van der Waals surface area contributed by atoms with Crippen molar-refractivity contribution in [3.8, 4) is 22.5 Å². The van der Waals surface area contributed by atoms with Gasteiger partial charge in [-0.25, -0.2) is 9.50 Å². The average Bonchev–Trinajstić information content (AvgIpc) is 3.47. The van der Waals surface area contributed by atoms with Crippen LogP contribution in [0.3, 0.4) is 0 Å². The molecule has 0 aromatic carbocycles. The molecule has 1 amide bonds. The summed E-state index contributed by atoms with van der Waals surface area (Å²) in [6, 6.07) is 9.96. The summed E-state index contributed by atoms with van der Waals surface area (Å²) in [5, 5.41) is 9.26. The van der Waals surface area contributed by atoms with Crippen LogP contribution in [0, 0.1) is 0 Å². The number of fused-ring (bicyclic) bond motifs is 2. The van der Waals surface area contributed by atoms with E-state index < -0.39 is 5.91 Å². The number of rotatable bonds is 5. The quantitative estimate of drug-likeness (QED) is 0.520. The first-order valence-corrected chi connectivity index (χ1v) is 10.0. The van der Waals surface area contributed by atoms with Crippen LogP contribution in [0.5, 0.6) is 0 Å². The Bertz CT molecular complexity index is 1300. The number of nitrogens with two attached hydrogens (primary N) is 1. The van der Waals surface area contributed by atoms with Crippen LogP contribution in [0.4, 0.5) is 0 Å². The second-order valence-corrected chi connectivity index (χ2v) is 7.26. The number of pyridine rings is 2. The fraction of sp³-hybridized carbons (Fsp3) is 0.227. The molecule has 0 aliphatic carbocycles. The summed E-state index contributed by atoms with van der Waals surface area (Å²) in [5.41, 5.74) is 12.6. The number of aryl methyl sites for hydroxylation is 2. The predicted octanol–water partition coefficient (Wildman–Crippen LogP) is 2.66. The van der Waals surface area contributed by atoms with Crippen molar-refractivity contribution < 1.29 is 4.79 Å². The van der Waals surface area contributed by atoms with Crippen molar-refractivity contribution in [2.24, 2.45) is 5.73 Å². The van der Waals surface area contributed by atoms with Gasteiger partial charge in [-0.2, -0.15) is 10.2 Å². The third-order valence-electron chi connectivity index (χ3n) is 5.40. The summed E-state index contributed by atoms with van der Waals surface area (Å²) in [6.45, 7) is 2.97. The Morgan fingerprint density at radius 1 is 1.27 bits per heavy atom. The summed E-state index contributed by atoms with van der Waals surface area (Å²) >= 11 is 0. The summed E-state index contributed by atoms with van der Waals surface area (Å²) < 4.78 is 3.78. The number of aromatic nitrogens is 6. The summed E-state index contributed by atoms with van der Waals surface area (Å²) in [4.78, 5) is 20.5. The van der Waals surface area contributed by atoms with Gasteiger partial charge in [-0.15, -0.1) is 0 Å². The first kappa shape index (κ1) is 18.2. The fourth-order valence-corrected chi connectivity index (χ4v) is 4.04. The molecule has 30 heavy (non-hydrogen) atoms. The monoisotopic (exact) mass is 399 g/mol. The van der Waals surface area contributed by atoms with Gasteiger partial charge in [0.1, 0.15) is 12.0 Å². The summed E-state index contributed by atoms with van der Waals surface area (Å²) in [5.74, 6) is -0.518. The van der Waals surface area contributed by atoms with Crippen LogP contribution < -0.4 is 5.73 Å². The fourth-order valence-electron chi connectivity index (χ4n) is 4.04. The van der Waals surface area contributed by atoms with Crippen LogP contribution in [0.25, 0.3) is 34.2 Å². The van der Waals surface area contributed by atoms with E-state index in [1.54, 1.807) is 10.6 Å². The Kier molecular flexibility index (Phi) is 4.39. The highest BCUT2D eigenvalue weighted by Gasteiger charge is 2.26. The molecule has 5 rings (SSSR count). The van der Waals surface area contributed by atoms with Crippen molar-refractivity contribution in [3.05, 3.63) is 59.8 Å². The van der Waals surface area contributed by atoms with Crippen molar-refractivity contribution in [2.45, 2.75) is 32.7 Å². The maximum atomic E-state index is 11.5. The molecule has 4 aromatic heterocycles. The number of carbonyl (C=O) groups excluding carboxylic acids is 1. The number of nitrogens with zero attached hydrogens (tertiary/aromatic N) is 6. The number of hydrogen-bond donors (Lipinski definition) is 1.